The monoisotopic (exact) mass is 293 g/mol. The smallest absolute Gasteiger partial charge is 0.251 e. The van der Waals surface area contributed by atoms with Crippen LogP contribution in [0.5, 0.6) is 5.75 Å². The van der Waals surface area contributed by atoms with E-state index in [-0.39, 0.29) is 12.1 Å². The van der Waals surface area contributed by atoms with Crippen LogP contribution in [-0.2, 0) is 13.0 Å². The van der Waals surface area contributed by atoms with E-state index in [0.29, 0.717) is 29.6 Å². The number of benzene rings is 1. The standard InChI is InChI=1S/C14H16ClN3O2/c1-9-6-10(15)2-3-12(9)20-5-4-13-17-11(8-16)7-14(19)18-13/h2-3,6-7H,4-5,8,16H2,1H3,(H,17,18,19). The second kappa shape index (κ2) is 6.54. The Hall–Kier alpha value is -1.85. The molecule has 0 atom stereocenters. The number of rotatable bonds is 5. The minimum Gasteiger partial charge on any atom is -0.493 e. The highest BCUT2D eigenvalue weighted by Crippen LogP contribution is 2.21. The highest BCUT2D eigenvalue weighted by molar-refractivity contribution is 6.30. The van der Waals surface area contributed by atoms with Crippen LogP contribution in [-0.4, -0.2) is 16.6 Å². The number of aromatic nitrogens is 2. The third kappa shape index (κ3) is 3.82. The number of hydrogen-bond donors (Lipinski definition) is 2. The number of nitrogens with zero attached hydrogens (tertiary/aromatic N) is 1. The lowest BCUT2D eigenvalue weighted by Gasteiger charge is -2.09. The van der Waals surface area contributed by atoms with E-state index in [4.69, 9.17) is 22.1 Å². The van der Waals surface area contributed by atoms with Crippen molar-refractivity contribution in [2.45, 2.75) is 19.9 Å². The van der Waals surface area contributed by atoms with Crippen molar-refractivity contribution >= 4 is 11.6 Å². The Kier molecular flexibility index (Phi) is 4.76. The summed E-state index contributed by atoms with van der Waals surface area (Å²) in [7, 11) is 0. The van der Waals surface area contributed by atoms with Crippen LogP contribution < -0.4 is 16.0 Å². The van der Waals surface area contributed by atoms with Crippen LogP contribution in [0.2, 0.25) is 5.02 Å². The molecule has 0 radical (unpaired) electrons. The average molecular weight is 294 g/mol. The number of ether oxygens (including phenoxy) is 1. The van der Waals surface area contributed by atoms with Crippen molar-refractivity contribution in [3.63, 3.8) is 0 Å². The number of nitrogens with two attached hydrogens (primary N) is 1. The third-order valence-corrected chi connectivity index (χ3v) is 3.02. The number of hydrogen-bond acceptors (Lipinski definition) is 4. The SMILES string of the molecule is Cc1cc(Cl)ccc1OCCc1nc(CN)cc(=O)[nH]1. The second-order valence-electron chi connectivity index (χ2n) is 4.40. The highest BCUT2D eigenvalue weighted by atomic mass is 35.5. The van der Waals surface area contributed by atoms with Crippen molar-refractivity contribution < 1.29 is 4.74 Å². The van der Waals surface area contributed by atoms with Crippen molar-refractivity contribution in [3.05, 3.63) is 56.7 Å². The van der Waals surface area contributed by atoms with Crippen molar-refractivity contribution in [1.29, 1.82) is 0 Å². The van der Waals surface area contributed by atoms with E-state index in [0.717, 1.165) is 11.3 Å². The summed E-state index contributed by atoms with van der Waals surface area (Å²) in [6.45, 7) is 2.59. The third-order valence-electron chi connectivity index (χ3n) is 2.79. The number of halogens is 1. The topological polar surface area (TPSA) is 81.0 Å². The maximum Gasteiger partial charge on any atom is 0.251 e. The molecule has 0 fully saturated rings. The largest absolute Gasteiger partial charge is 0.493 e. The molecule has 0 unspecified atom stereocenters. The zero-order valence-electron chi connectivity index (χ0n) is 11.1. The molecule has 3 N–H and O–H groups in total. The fraction of sp³-hybridized carbons (Fsp3) is 0.286. The lowest BCUT2D eigenvalue weighted by molar-refractivity contribution is 0.316. The van der Waals surface area contributed by atoms with Crippen LogP contribution >= 0.6 is 11.6 Å². The molecule has 1 aromatic carbocycles. The molecule has 0 bridgehead atoms. The molecule has 0 aliphatic rings. The fourth-order valence-electron chi connectivity index (χ4n) is 1.82. The summed E-state index contributed by atoms with van der Waals surface area (Å²) in [4.78, 5) is 18.3. The molecule has 0 aliphatic heterocycles. The Labute approximate surface area is 121 Å². The normalized spacial score (nSPS) is 10.6. The van der Waals surface area contributed by atoms with E-state index >= 15 is 0 Å². The predicted molar refractivity (Wildman–Crippen MR) is 78.1 cm³/mol. The summed E-state index contributed by atoms with van der Waals surface area (Å²) in [6, 6.07) is 6.84. The van der Waals surface area contributed by atoms with Crippen molar-refractivity contribution in [2.24, 2.45) is 5.73 Å². The molecule has 0 amide bonds. The van der Waals surface area contributed by atoms with E-state index in [1.54, 1.807) is 6.07 Å². The molecule has 0 spiro atoms. The van der Waals surface area contributed by atoms with Crippen LogP contribution in [0.3, 0.4) is 0 Å². The number of nitrogens with one attached hydrogen (secondary N) is 1. The van der Waals surface area contributed by atoms with Gasteiger partial charge in [0.1, 0.15) is 11.6 Å². The Morgan fingerprint density at radius 2 is 2.20 bits per heavy atom. The summed E-state index contributed by atoms with van der Waals surface area (Å²) >= 11 is 5.88. The molecular weight excluding hydrogens is 278 g/mol. The van der Waals surface area contributed by atoms with Crippen molar-refractivity contribution in [3.8, 4) is 5.75 Å². The molecule has 0 aliphatic carbocycles. The van der Waals surface area contributed by atoms with Gasteiger partial charge in [0, 0.05) is 24.1 Å². The van der Waals surface area contributed by atoms with E-state index in [1.165, 1.54) is 6.07 Å². The molecule has 2 rings (SSSR count). The first-order valence-electron chi connectivity index (χ1n) is 6.26. The van der Waals surface area contributed by atoms with Crippen molar-refractivity contribution in [2.75, 3.05) is 6.61 Å². The maximum absolute atomic E-state index is 11.4. The first-order chi connectivity index (χ1) is 9.58. The van der Waals surface area contributed by atoms with Crippen LogP contribution in [0.25, 0.3) is 0 Å². The van der Waals surface area contributed by atoms with Gasteiger partial charge in [-0.1, -0.05) is 11.6 Å². The summed E-state index contributed by atoms with van der Waals surface area (Å²) in [5.74, 6) is 1.34. The Balaban J connectivity index is 1.99. The van der Waals surface area contributed by atoms with Crippen LogP contribution in [0.4, 0.5) is 0 Å². The quantitative estimate of drug-likeness (QED) is 0.881. The highest BCUT2D eigenvalue weighted by Gasteiger charge is 2.03. The van der Waals surface area contributed by atoms with Gasteiger partial charge in [0.25, 0.3) is 5.56 Å². The molecule has 106 valence electrons. The van der Waals surface area contributed by atoms with Gasteiger partial charge in [-0.25, -0.2) is 4.98 Å². The predicted octanol–water partition coefficient (Wildman–Crippen LogP) is 1.81. The maximum atomic E-state index is 11.4. The molecular formula is C14H16ClN3O2. The molecule has 2 aromatic rings. The van der Waals surface area contributed by atoms with Gasteiger partial charge in [-0.3, -0.25) is 4.79 Å². The lowest BCUT2D eigenvalue weighted by atomic mass is 10.2. The summed E-state index contributed by atoms with van der Waals surface area (Å²) in [6.07, 6.45) is 0.505. The van der Waals surface area contributed by atoms with Crippen LogP contribution in [0.15, 0.2) is 29.1 Å². The minimum atomic E-state index is -0.196. The number of aryl methyl sites for hydroxylation is 1. The number of H-pyrrole nitrogens is 1. The summed E-state index contributed by atoms with van der Waals surface area (Å²) in [5.41, 5.74) is 6.83. The minimum absolute atomic E-state index is 0.196. The van der Waals surface area contributed by atoms with Gasteiger partial charge >= 0.3 is 0 Å². The molecule has 6 heteroatoms. The van der Waals surface area contributed by atoms with Gasteiger partial charge in [0.05, 0.1) is 12.3 Å². The van der Waals surface area contributed by atoms with Gasteiger partial charge in [0.15, 0.2) is 0 Å². The van der Waals surface area contributed by atoms with Gasteiger partial charge < -0.3 is 15.5 Å². The fourth-order valence-corrected chi connectivity index (χ4v) is 2.05. The first kappa shape index (κ1) is 14.6. The molecule has 0 saturated heterocycles. The molecule has 0 saturated carbocycles. The van der Waals surface area contributed by atoms with Crippen molar-refractivity contribution in [1.82, 2.24) is 9.97 Å². The van der Waals surface area contributed by atoms with Gasteiger partial charge in [-0.15, -0.1) is 0 Å². The van der Waals surface area contributed by atoms with E-state index in [2.05, 4.69) is 9.97 Å². The van der Waals surface area contributed by atoms with Crippen LogP contribution in [0.1, 0.15) is 17.1 Å². The average Bonchev–Trinajstić information content (AvgIpc) is 2.40. The van der Waals surface area contributed by atoms with Gasteiger partial charge in [0.2, 0.25) is 0 Å². The van der Waals surface area contributed by atoms with E-state index < -0.39 is 0 Å². The zero-order chi connectivity index (χ0) is 14.5. The second-order valence-corrected chi connectivity index (χ2v) is 4.83. The Morgan fingerprint density at radius 3 is 2.90 bits per heavy atom. The zero-order valence-corrected chi connectivity index (χ0v) is 11.9. The lowest BCUT2D eigenvalue weighted by Crippen LogP contribution is -2.16. The van der Waals surface area contributed by atoms with Crippen LogP contribution in [0, 0.1) is 6.92 Å². The summed E-state index contributed by atoms with van der Waals surface area (Å²) < 4.78 is 5.66. The van der Waals surface area contributed by atoms with Gasteiger partial charge in [-0.2, -0.15) is 0 Å². The Morgan fingerprint density at radius 1 is 1.40 bits per heavy atom. The van der Waals surface area contributed by atoms with E-state index in [1.807, 2.05) is 19.1 Å². The number of aromatic amines is 1. The molecule has 1 aromatic heterocycles. The molecule has 20 heavy (non-hydrogen) atoms. The van der Waals surface area contributed by atoms with Gasteiger partial charge in [-0.05, 0) is 30.7 Å². The van der Waals surface area contributed by atoms with E-state index in [9.17, 15) is 4.79 Å². The Bertz CT molecular complexity index is 655. The molecule has 1 heterocycles. The first-order valence-corrected chi connectivity index (χ1v) is 6.64. The molecule has 5 nitrogen and oxygen atoms in total. The summed E-state index contributed by atoms with van der Waals surface area (Å²) in [5, 5.41) is 0.677.